The van der Waals surface area contributed by atoms with Crippen LogP contribution in [0.5, 0.6) is 0 Å². The van der Waals surface area contributed by atoms with Crippen LogP contribution in [0.15, 0.2) is 0 Å². The van der Waals surface area contributed by atoms with Gasteiger partial charge in [0.05, 0.1) is 13.2 Å². The van der Waals surface area contributed by atoms with Gasteiger partial charge in [0.2, 0.25) is 0 Å². The number of morpholine rings is 1. The molecule has 0 bridgehead atoms. The van der Waals surface area contributed by atoms with Crippen molar-refractivity contribution in [2.75, 3.05) is 46.4 Å². The largest absolute Gasteiger partial charge is 0.378 e. The molecule has 2 saturated heterocycles. The predicted molar refractivity (Wildman–Crippen MR) is 65.5 cm³/mol. The molecule has 0 amide bonds. The van der Waals surface area contributed by atoms with Crippen LogP contribution in [-0.2, 0) is 4.74 Å². The normalized spacial score (nSPS) is 36.8. The van der Waals surface area contributed by atoms with Crippen LogP contribution in [0.4, 0.5) is 0 Å². The maximum Gasteiger partial charge on any atom is 0.0645 e. The Morgan fingerprint density at radius 2 is 2.06 bits per heavy atom. The third-order valence-corrected chi connectivity index (χ3v) is 4.12. The average Bonchev–Trinajstić information content (AvgIpc) is 2.60. The number of nitrogens with two attached hydrogens (primary N) is 1. The van der Waals surface area contributed by atoms with Crippen LogP contribution in [-0.4, -0.2) is 67.3 Å². The van der Waals surface area contributed by atoms with Gasteiger partial charge in [0.1, 0.15) is 0 Å². The van der Waals surface area contributed by atoms with E-state index in [1.54, 1.807) is 0 Å². The number of ether oxygens (including phenoxy) is 1. The number of rotatable bonds is 2. The molecule has 2 aliphatic heterocycles. The van der Waals surface area contributed by atoms with Gasteiger partial charge in [-0.05, 0) is 33.9 Å². The molecule has 0 aromatic heterocycles. The summed E-state index contributed by atoms with van der Waals surface area (Å²) in [5, 5.41) is 0. The van der Waals surface area contributed by atoms with Crippen molar-refractivity contribution in [2.45, 2.75) is 31.3 Å². The second kappa shape index (κ2) is 4.26. The SMILES string of the molecule is CN1CCC(CN)(N2CCOCC2(C)C)C1. The Kier molecular flexibility index (Phi) is 3.27. The lowest BCUT2D eigenvalue weighted by Crippen LogP contribution is -2.66. The van der Waals surface area contributed by atoms with Gasteiger partial charge in [0, 0.05) is 30.7 Å². The summed E-state index contributed by atoms with van der Waals surface area (Å²) >= 11 is 0. The summed E-state index contributed by atoms with van der Waals surface area (Å²) < 4.78 is 5.59. The van der Waals surface area contributed by atoms with E-state index in [4.69, 9.17) is 10.5 Å². The van der Waals surface area contributed by atoms with Crippen molar-refractivity contribution >= 4 is 0 Å². The topological polar surface area (TPSA) is 41.7 Å². The molecule has 4 nitrogen and oxygen atoms in total. The average molecular weight is 227 g/mol. The Bertz CT molecular complexity index is 257. The van der Waals surface area contributed by atoms with E-state index >= 15 is 0 Å². The summed E-state index contributed by atoms with van der Waals surface area (Å²) in [6.07, 6.45) is 1.18. The van der Waals surface area contributed by atoms with Crippen molar-refractivity contribution in [3.63, 3.8) is 0 Å². The lowest BCUT2D eigenvalue weighted by atomic mass is 9.88. The highest BCUT2D eigenvalue weighted by Gasteiger charge is 2.47. The summed E-state index contributed by atoms with van der Waals surface area (Å²) in [7, 11) is 2.19. The van der Waals surface area contributed by atoms with Crippen LogP contribution >= 0.6 is 0 Å². The highest BCUT2D eigenvalue weighted by Crippen LogP contribution is 2.34. The van der Waals surface area contributed by atoms with Crippen molar-refractivity contribution in [2.24, 2.45) is 5.73 Å². The predicted octanol–water partition coefficient (Wildman–Crippen LogP) is 0.130. The van der Waals surface area contributed by atoms with Crippen molar-refractivity contribution in [3.05, 3.63) is 0 Å². The first kappa shape index (κ1) is 12.3. The van der Waals surface area contributed by atoms with Crippen LogP contribution in [0.1, 0.15) is 20.3 Å². The summed E-state index contributed by atoms with van der Waals surface area (Å²) in [6.45, 7) is 10.2. The molecular formula is C12H25N3O. The van der Waals surface area contributed by atoms with Gasteiger partial charge in [-0.2, -0.15) is 0 Å². The molecule has 94 valence electrons. The minimum Gasteiger partial charge on any atom is -0.378 e. The number of hydrogen-bond acceptors (Lipinski definition) is 4. The van der Waals surface area contributed by atoms with Crippen LogP contribution in [0, 0.1) is 0 Å². The first-order valence-electron chi connectivity index (χ1n) is 6.24. The Hall–Kier alpha value is -0.160. The molecule has 0 aliphatic carbocycles. The summed E-state index contributed by atoms with van der Waals surface area (Å²) in [5.41, 5.74) is 6.36. The van der Waals surface area contributed by atoms with Crippen LogP contribution in [0.2, 0.25) is 0 Å². The standard InChI is InChI=1S/C12H25N3O/c1-11(2)10-16-7-6-15(11)12(8-13)4-5-14(3)9-12/h4-10,13H2,1-3H3. The molecule has 0 aromatic carbocycles. The van der Waals surface area contributed by atoms with Gasteiger partial charge in [-0.3, -0.25) is 4.90 Å². The first-order valence-corrected chi connectivity index (χ1v) is 6.24. The fourth-order valence-electron chi connectivity index (χ4n) is 3.29. The molecule has 0 saturated carbocycles. The second-order valence-electron chi connectivity index (χ2n) is 5.93. The quantitative estimate of drug-likeness (QED) is 0.728. The molecule has 2 N–H and O–H groups in total. The Morgan fingerprint density at radius 3 is 2.56 bits per heavy atom. The minimum absolute atomic E-state index is 0.114. The first-order chi connectivity index (χ1) is 7.50. The lowest BCUT2D eigenvalue weighted by molar-refractivity contribution is -0.0999. The smallest absolute Gasteiger partial charge is 0.0645 e. The molecule has 4 heteroatoms. The molecule has 0 radical (unpaired) electrons. The maximum absolute atomic E-state index is 6.07. The van der Waals surface area contributed by atoms with Crippen LogP contribution in [0.25, 0.3) is 0 Å². The van der Waals surface area contributed by atoms with Crippen molar-refractivity contribution in [1.82, 2.24) is 9.80 Å². The number of likely N-dealkylation sites (tertiary alicyclic amines) is 1. The minimum atomic E-state index is 0.114. The molecule has 1 unspecified atom stereocenters. The van der Waals surface area contributed by atoms with Gasteiger partial charge in [-0.1, -0.05) is 0 Å². The van der Waals surface area contributed by atoms with Crippen molar-refractivity contribution in [1.29, 1.82) is 0 Å². The summed E-state index contributed by atoms with van der Waals surface area (Å²) in [5.74, 6) is 0. The second-order valence-corrected chi connectivity index (χ2v) is 5.93. The van der Waals surface area contributed by atoms with Crippen molar-refractivity contribution < 1.29 is 4.74 Å². The Morgan fingerprint density at radius 1 is 1.31 bits per heavy atom. The molecule has 0 aromatic rings. The zero-order valence-corrected chi connectivity index (χ0v) is 10.8. The summed E-state index contributed by atoms with van der Waals surface area (Å²) in [6, 6.07) is 0. The van der Waals surface area contributed by atoms with Gasteiger partial charge in [-0.25, -0.2) is 0 Å². The fourth-order valence-corrected chi connectivity index (χ4v) is 3.29. The van der Waals surface area contributed by atoms with E-state index in [1.807, 2.05) is 0 Å². The zero-order chi connectivity index (χ0) is 11.8. The van der Waals surface area contributed by atoms with E-state index in [-0.39, 0.29) is 11.1 Å². The van der Waals surface area contributed by atoms with E-state index in [0.29, 0.717) is 0 Å². The van der Waals surface area contributed by atoms with Gasteiger partial charge >= 0.3 is 0 Å². The van der Waals surface area contributed by atoms with Gasteiger partial charge in [0.25, 0.3) is 0 Å². The molecule has 1 atom stereocenters. The number of hydrogen-bond donors (Lipinski definition) is 1. The van der Waals surface area contributed by atoms with E-state index in [1.165, 1.54) is 6.42 Å². The monoisotopic (exact) mass is 227 g/mol. The van der Waals surface area contributed by atoms with Gasteiger partial charge in [0.15, 0.2) is 0 Å². The molecular weight excluding hydrogens is 202 g/mol. The van der Waals surface area contributed by atoms with E-state index < -0.39 is 0 Å². The number of likely N-dealkylation sites (N-methyl/N-ethyl adjacent to an activating group) is 1. The number of nitrogens with zero attached hydrogens (tertiary/aromatic N) is 2. The molecule has 2 heterocycles. The van der Waals surface area contributed by atoms with Crippen LogP contribution < -0.4 is 5.73 Å². The molecule has 2 fully saturated rings. The zero-order valence-electron chi connectivity index (χ0n) is 10.8. The highest BCUT2D eigenvalue weighted by molar-refractivity contribution is 5.04. The third kappa shape index (κ3) is 1.99. The van der Waals surface area contributed by atoms with Crippen LogP contribution in [0.3, 0.4) is 0 Å². The molecule has 2 aliphatic rings. The van der Waals surface area contributed by atoms with E-state index in [9.17, 15) is 0 Å². The highest BCUT2D eigenvalue weighted by atomic mass is 16.5. The lowest BCUT2D eigenvalue weighted by Gasteiger charge is -2.52. The van der Waals surface area contributed by atoms with E-state index in [2.05, 4.69) is 30.7 Å². The molecule has 0 spiro atoms. The Labute approximate surface area is 98.7 Å². The summed E-state index contributed by atoms with van der Waals surface area (Å²) in [4.78, 5) is 4.98. The van der Waals surface area contributed by atoms with E-state index in [0.717, 1.165) is 39.4 Å². The van der Waals surface area contributed by atoms with Gasteiger partial charge in [-0.15, -0.1) is 0 Å². The van der Waals surface area contributed by atoms with Crippen molar-refractivity contribution in [3.8, 4) is 0 Å². The Balaban J connectivity index is 2.19. The fraction of sp³-hybridized carbons (Fsp3) is 1.00. The maximum atomic E-state index is 6.07. The molecule has 2 rings (SSSR count). The van der Waals surface area contributed by atoms with Gasteiger partial charge < -0.3 is 15.4 Å². The third-order valence-electron chi connectivity index (χ3n) is 4.12. The molecule has 16 heavy (non-hydrogen) atoms.